The highest BCUT2D eigenvalue weighted by molar-refractivity contribution is 5.90. The molecule has 1 amide bonds. The van der Waals surface area contributed by atoms with Gasteiger partial charge in [-0.1, -0.05) is 0 Å². The number of halogens is 2. The largest absolute Gasteiger partial charge is 0.333 e. The smallest absolute Gasteiger partial charge is 0.255 e. The van der Waals surface area contributed by atoms with Crippen LogP contribution in [0.5, 0.6) is 0 Å². The topological polar surface area (TPSA) is 95.8 Å². The molecule has 1 atom stereocenters. The summed E-state index contributed by atoms with van der Waals surface area (Å²) in [6, 6.07) is -0.622. The number of hydrogen-bond donors (Lipinski definition) is 1. The molecule has 27 heavy (non-hydrogen) atoms. The summed E-state index contributed by atoms with van der Waals surface area (Å²) < 4.78 is 26.9. The molecule has 3 aromatic rings. The SMILES string of the molecule is CC1C(=O)N(CC(F)F)CCN1c1ncc2[nH]nc(-c3cnn(C)c3)c2n1. The molecule has 142 valence electrons. The van der Waals surface area contributed by atoms with E-state index in [1.165, 1.54) is 4.90 Å². The van der Waals surface area contributed by atoms with Gasteiger partial charge >= 0.3 is 0 Å². The maximum Gasteiger partial charge on any atom is 0.255 e. The normalized spacial score (nSPS) is 18.1. The van der Waals surface area contributed by atoms with Gasteiger partial charge in [-0.05, 0) is 6.92 Å². The average Bonchev–Trinajstić information content (AvgIpc) is 3.24. The zero-order valence-electron chi connectivity index (χ0n) is 14.8. The molecule has 1 aliphatic heterocycles. The highest BCUT2D eigenvalue weighted by Gasteiger charge is 2.34. The van der Waals surface area contributed by atoms with Crippen LogP contribution in [-0.2, 0) is 11.8 Å². The molecule has 0 aliphatic carbocycles. The summed E-state index contributed by atoms with van der Waals surface area (Å²) >= 11 is 0. The van der Waals surface area contributed by atoms with Gasteiger partial charge in [-0.3, -0.25) is 14.6 Å². The van der Waals surface area contributed by atoms with E-state index in [0.29, 0.717) is 29.2 Å². The number of carbonyl (C=O) groups excluding carboxylic acids is 1. The highest BCUT2D eigenvalue weighted by atomic mass is 19.3. The fourth-order valence-corrected chi connectivity index (χ4v) is 3.24. The van der Waals surface area contributed by atoms with Crippen molar-refractivity contribution >= 4 is 22.9 Å². The summed E-state index contributed by atoms with van der Waals surface area (Å²) in [4.78, 5) is 24.2. The Morgan fingerprint density at radius 1 is 1.33 bits per heavy atom. The second-order valence-corrected chi connectivity index (χ2v) is 6.45. The lowest BCUT2D eigenvalue weighted by molar-refractivity contribution is -0.135. The minimum atomic E-state index is -2.55. The molecule has 1 unspecified atom stereocenters. The number of anilines is 1. The number of H-pyrrole nitrogens is 1. The van der Waals surface area contributed by atoms with Gasteiger partial charge in [0.2, 0.25) is 11.9 Å². The quantitative estimate of drug-likeness (QED) is 0.731. The zero-order chi connectivity index (χ0) is 19.1. The predicted octanol–water partition coefficient (Wildman–Crippen LogP) is 1.06. The molecular formula is C16H18F2N8O. The standard InChI is InChI=1S/C16H18F2N8O/c1-9-15(27)25(8-12(17)18)3-4-26(9)16-19-6-11-14(21-16)13(23-22-11)10-5-20-24(2)7-10/h5-7,9,12H,3-4,8H2,1-2H3,(H,22,23). The molecular weight excluding hydrogens is 358 g/mol. The first-order chi connectivity index (χ1) is 12.9. The van der Waals surface area contributed by atoms with Crippen molar-refractivity contribution in [1.29, 1.82) is 0 Å². The van der Waals surface area contributed by atoms with Crippen molar-refractivity contribution < 1.29 is 13.6 Å². The van der Waals surface area contributed by atoms with Crippen LogP contribution in [0.1, 0.15) is 6.92 Å². The predicted molar refractivity (Wildman–Crippen MR) is 93.3 cm³/mol. The zero-order valence-corrected chi connectivity index (χ0v) is 14.8. The Morgan fingerprint density at radius 3 is 2.85 bits per heavy atom. The molecule has 1 fully saturated rings. The number of hydrogen-bond acceptors (Lipinski definition) is 6. The Balaban J connectivity index is 1.65. The van der Waals surface area contributed by atoms with E-state index in [4.69, 9.17) is 0 Å². The molecule has 3 aromatic heterocycles. The first-order valence-corrected chi connectivity index (χ1v) is 8.47. The van der Waals surface area contributed by atoms with Crippen LogP contribution in [0.15, 0.2) is 18.6 Å². The highest BCUT2D eigenvalue weighted by Crippen LogP contribution is 2.26. The van der Waals surface area contributed by atoms with Crippen LogP contribution in [0, 0.1) is 0 Å². The van der Waals surface area contributed by atoms with Crippen molar-refractivity contribution in [2.45, 2.75) is 19.4 Å². The van der Waals surface area contributed by atoms with Crippen LogP contribution >= 0.6 is 0 Å². The molecule has 0 radical (unpaired) electrons. The van der Waals surface area contributed by atoms with E-state index < -0.39 is 19.0 Å². The Hall–Kier alpha value is -3.11. The molecule has 4 heterocycles. The third-order valence-electron chi connectivity index (χ3n) is 4.63. The van der Waals surface area contributed by atoms with E-state index in [0.717, 1.165) is 5.56 Å². The maximum atomic E-state index is 12.6. The van der Waals surface area contributed by atoms with E-state index in [1.807, 2.05) is 13.2 Å². The van der Waals surface area contributed by atoms with Crippen molar-refractivity contribution in [3.63, 3.8) is 0 Å². The van der Waals surface area contributed by atoms with Crippen LogP contribution in [0.25, 0.3) is 22.3 Å². The Bertz CT molecular complexity index is 984. The molecule has 1 aliphatic rings. The fourth-order valence-electron chi connectivity index (χ4n) is 3.24. The Labute approximate surface area is 153 Å². The fraction of sp³-hybridized carbons (Fsp3) is 0.438. The lowest BCUT2D eigenvalue weighted by atomic mass is 10.2. The summed E-state index contributed by atoms with van der Waals surface area (Å²) in [5.74, 6) is 0.0107. The molecule has 0 bridgehead atoms. The number of nitrogens with one attached hydrogen (secondary N) is 1. The minimum Gasteiger partial charge on any atom is -0.333 e. The van der Waals surface area contributed by atoms with Crippen LogP contribution in [0.4, 0.5) is 14.7 Å². The van der Waals surface area contributed by atoms with Crippen LogP contribution in [0.2, 0.25) is 0 Å². The number of rotatable bonds is 4. The molecule has 1 N–H and O–H groups in total. The molecule has 4 rings (SSSR count). The van der Waals surface area contributed by atoms with Gasteiger partial charge in [0.1, 0.15) is 22.8 Å². The second kappa shape index (κ2) is 6.56. The van der Waals surface area contributed by atoms with Crippen LogP contribution in [-0.4, -0.2) is 72.9 Å². The number of aromatic nitrogens is 6. The number of alkyl halides is 2. The van der Waals surface area contributed by atoms with Crippen molar-refractivity contribution in [1.82, 2.24) is 34.8 Å². The number of piperazine rings is 1. The van der Waals surface area contributed by atoms with E-state index in [9.17, 15) is 13.6 Å². The van der Waals surface area contributed by atoms with Gasteiger partial charge in [-0.2, -0.15) is 10.2 Å². The molecule has 0 aromatic carbocycles. The van der Waals surface area contributed by atoms with Crippen LogP contribution in [0.3, 0.4) is 0 Å². The summed E-state index contributed by atoms with van der Waals surface area (Å²) in [6.07, 6.45) is 2.57. The summed E-state index contributed by atoms with van der Waals surface area (Å²) in [5.41, 5.74) is 2.71. The molecule has 11 heteroatoms. The summed E-state index contributed by atoms with van der Waals surface area (Å²) in [6.45, 7) is 1.70. The number of amides is 1. The van der Waals surface area contributed by atoms with Gasteiger partial charge in [0.25, 0.3) is 6.43 Å². The van der Waals surface area contributed by atoms with Crippen molar-refractivity contribution in [3.05, 3.63) is 18.6 Å². The van der Waals surface area contributed by atoms with E-state index in [1.54, 1.807) is 28.9 Å². The summed E-state index contributed by atoms with van der Waals surface area (Å²) in [7, 11) is 1.81. The number of fused-ring (bicyclic) bond motifs is 1. The van der Waals surface area contributed by atoms with Crippen LogP contribution < -0.4 is 4.90 Å². The maximum absolute atomic E-state index is 12.6. The van der Waals surface area contributed by atoms with E-state index in [-0.39, 0.29) is 12.5 Å². The number of nitrogens with zero attached hydrogens (tertiary/aromatic N) is 7. The van der Waals surface area contributed by atoms with Crippen molar-refractivity contribution in [2.24, 2.45) is 7.05 Å². The van der Waals surface area contributed by atoms with Gasteiger partial charge in [-0.25, -0.2) is 18.7 Å². The van der Waals surface area contributed by atoms with E-state index >= 15 is 0 Å². The van der Waals surface area contributed by atoms with Gasteiger partial charge in [0.05, 0.1) is 18.9 Å². The molecule has 0 spiro atoms. The molecule has 0 saturated carbocycles. The number of carbonyl (C=O) groups is 1. The van der Waals surface area contributed by atoms with E-state index in [2.05, 4.69) is 25.3 Å². The van der Waals surface area contributed by atoms with Gasteiger partial charge in [0.15, 0.2) is 0 Å². The first kappa shape index (κ1) is 17.3. The molecule has 1 saturated heterocycles. The lowest BCUT2D eigenvalue weighted by Crippen LogP contribution is -2.57. The Kier molecular flexibility index (Phi) is 4.21. The number of aromatic amines is 1. The van der Waals surface area contributed by atoms with Gasteiger partial charge in [0, 0.05) is 31.9 Å². The monoisotopic (exact) mass is 376 g/mol. The third kappa shape index (κ3) is 3.09. The first-order valence-electron chi connectivity index (χ1n) is 8.47. The lowest BCUT2D eigenvalue weighted by Gasteiger charge is -2.38. The van der Waals surface area contributed by atoms with Gasteiger partial charge < -0.3 is 9.80 Å². The third-order valence-corrected chi connectivity index (χ3v) is 4.63. The Morgan fingerprint density at radius 2 is 2.15 bits per heavy atom. The van der Waals surface area contributed by atoms with Crippen molar-refractivity contribution in [2.75, 3.05) is 24.5 Å². The van der Waals surface area contributed by atoms with Gasteiger partial charge in [-0.15, -0.1) is 0 Å². The average molecular weight is 376 g/mol. The molecule has 9 nitrogen and oxygen atoms in total. The second-order valence-electron chi connectivity index (χ2n) is 6.45. The summed E-state index contributed by atoms with van der Waals surface area (Å²) in [5, 5.41) is 11.3. The minimum absolute atomic E-state index is 0.204. The number of aryl methyl sites for hydroxylation is 1. The van der Waals surface area contributed by atoms with Crippen molar-refractivity contribution in [3.8, 4) is 11.3 Å².